The zero-order valence-corrected chi connectivity index (χ0v) is 19.1. The lowest BCUT2D eigenvalue weighted by atomic mass is 9.53. The normalized spacial score (nSPS) is 30.5. The van der Waals surface area contributed by atoms with Gasteiger partial charge in [-0.15, -0.1) is 0 Å². The SMILES string of the molecule is CC1C2(c3ccc(Cl)cc3Cl)OC(=N)C1(C#N)C(C#N)(C#N)C(c1cccc(Br)c1)O2. The second-order valence-corrected chi connectivity index (χ2v) is 9.21. The predicted octanol–water partition coefficient (Wildman–Crippen LogP) is 5.87. The van der Waals surface area contributed by atoms with E-state index in [-0.39, 0.29) is 5.02 Å². The van der Waals surface area contributed by atoms with Crippen molar-refractivity contribution in [3.63, 3.8) is 0 Å². The van der Waals surface area contributed by atoms with E-state index in [2.05, 4.69) is 22.0 Å². The van der Waals surface area contributed by atoms with Crippen molar-refractivity contribution in [2.45, 2.75) is 18.8 Å². The third-order valence-electron chi connectivity index (χ3n) is 6.13. The van der Waals surface area contributed by atoms with E-state index in [0.29, 0.717) is 20.6 Å². The van der Waals surface area contributed by atoms with Gasteiger partial charge in [0.25, 0.3) is 0 Å². The fourth-order valence-electron chi connectivity index (χ4n) is 4.59. The Bertz CT molecular complexity index is 1230. The number of fused-ring (bicyclic) bond motifs is 2. The fourth-order valence-corrected chi connectivity index (χ4v) is 5.54. The quantitative estimate of drug-likeness (QED) is 0.537. The molecule has 2 aliphatic heterocycles. The molecule has 6 nitrogen and oxygen atoms in total. The van der Waals surface area contributed by atoms with Gasteiger partial charge in [-0.1, -0.05) is 58.2 Å². The van der Waals surface area contributed by atoms with Crippen molar-refractivity contribution in [1.29, 1.82) is 21.2 Å². The fraction of sp³-hybridized carbons (Fsp3) is 0.273. The molecule has 0 aliphatic carbocycles. The van der Waals surface area contributed by atoms with Crippen LogP contribution in [0.1, 0.15) is 24.2 Å². The summed E-state index contributed by atoms with van der Waals surface area (Å²) < 4.78 is 13.0. The zero-order valence-electron chi connectivity index (χ0n) is 16.0. The first-order valence-corrected chi connectivity index (χ1v) is 10.7. The van der Waals surface area contributed by atoms with Crippen molar-refractivity contribution < 1.29 is 9.47 Å². The predicted molar refractivity (Wildman–Crippen MR) is 116 cm³/mol. The zero-order chi connectivity index (χ0) is 22.6. The number of nitrogens with one attached hydrogen (secondary N) is 1. The van der Waals surface area contributed by atoms with Gasteiger partial charge < -0.3 is 9.47 Å². The summed E-state index contributed by atoms with van der Waals surface area (Å²) in [6.45, 7) is 1.62. The smallest absolute Gasteiger partial charge is 0.245 e. The van der Waals surface area contributed by atoms with Gasteiger partial charge in [0.1, 0.15) is 6.10 Å². The molecular formula is C22H13BrCl2N4O2. The molecule has 2 heterocycles. The second-order valence-electron chi connectivity index (χ2n) is 7.45. The van der Waals surface area contributed by atoms with Gasteiger partial charge in [-0.3, -0.25) is 5.41 Å². The average molecular weight is 516 g/mol. The minimum Gasteiger partial charge on any atom is -0.443 e. The lowest BCUT2D eigenvalue weighted by Gasteiger charge is -2.49. The number of nitriles is 3. The lowest BCUT2D eigenvalue weighted by molar-refractivity contribution is -0.288. The Hall–Kier alpha value is -2.60. The van der Waals surface area contributed by atoms with Gasteiger partial charge in [-0.2, -0.15) is 15.8 Å². The van der Waals surface area contributed by atoms with Crippen molar-refractivity contribution in [3.8, 4) is 18.2 Å². The summed E-state index contributed by atoms with van der Waals surface area (Å²) in [7, 11) is 0. The molecule has 0 spiro atoms. The topological polar surface area (TPSA) is 114 Å². The number of hydrogen-bond donors (Lipinski definition) is 1. The maximum atomic E-state index is 10.3. The van der Waals surface area contributed by atoms with E-state index < -0.39 is 34.5 Å². The Morgan fingerprint density at radius 3 is 2.35 bits per heavy atom. The van der Waals surface area contributed by atoms with Crippen LogP contribution in [0.4, 0.5) is 0 Å². The Morgan fingerprint density at radius 2 is 1.77 bits per heavy atom. The summed E-state index contributed by atoms with van der Waals surface area (Å²) in [6.07, 6.45) is -1.20. The van der Waals surface area contributed by atoms with E-state index in [0.717, 1.165) is 0 Å². The van der Waals surface area contributed by atoms with Crippen molar-refractivity contribution in [3.05, 3.63) is 68.1 Å². The Labute approximate surface area is 197 Å². The van der Waals surface area contributed by atoms with Gasteiger partial charge in [-0.25, -0.2) is 0 Å². The third kappa shape index (κ3) is 2.60. The molecule has 1 N–H and O–H groups in total. The minimum atomic E-state index is -2.04. The molecule has 0 aromatic heterocycles. The number of rotatable bonds is 2. The molecule has 2 aliphatic rings. The van der Waals surface area contributed by atoms with Crippen molar-refractivity contribution in [2.24, 2.45) is 16.7 Å². The molecule has 2 aromatic rings. The molecule has 31 heavy (non-hydrogen) atoms. The Kier molecular flexibility index (Phi) is 5.04. The highest BCUT2D eigenvalue weighted by atomic mass is 79.9. The van der Waals surface area contributed by atoms with Gasteiger partial charge in [0, 0.05) is 15.1 Å². The van der Waals surface area contributed by atoms with Gasteiger partial charge >= 0.3 is 0 Å². The number of nitrogens with zero attached hydrogens (tertiary/aromatic N) is 3. The molecule has 2 saturated heterocycles. The number of ether oxygens (including phenoxy) is 2. The van der Waals surface area contributed by atoms with Crippen LogP contribution < -0.4 is 0 Å². The van der Waals surface area contributed by atoms with Crippen LogP contribution >= 0.6 is 39.1 Å². The van der Waals surface area contributed by atoms with Crippen LogP contribution in [0.2, 0.25) is 10.0 Å². The standard InChI is InChI=1S/C22H13BrCl2N4O2/c1-12-21(11-28)19(29)31-22(12,16-6-5-15(24)8-17(16)25)30-18(20(21,9-26)10-27)13-3-2-4-14(23)7-13/h2-8,12,18,29H,1H3. The Morgan fingerprint density at radius 1 is 1.06 bits per heavy atom. The molecule has 0 amide bonds. The first-order valence-electron chi connectivity index (χ1n) is 9.13. The molecule has 0 saturated carbocycles. The largest absolute Gasteiger partial charge is 0.443 e. The molecule has 0 radical (unpaired) electrons. The maximum Gasteiger partial charge on any atom is 0.245 e. The highest BCUT2D eigenvalue weighted by Gasteiger charge is 2.80. The van der Waals surface area contributed by atoms with Crippen LogP contribution in [-0.4, -0.2) is 5.90 Å². The van der Waals surface area contributed by atoms with Crippen molar-refractivity contribution >= 4 is 45.0 Å². The molecule has 2 fully saturated rings. The van der Waals surface area contributed by atoms with E-state index >= 15 is 0 Å². The Balaban J connectivity index is 2.07. The van der Waals surface area contributed by atoms with E-state index in [9.17, 15) is 15.8 Å². The lowest BCUT2D eigenvalue weighted by Crippen LogP contribution is -2.57. The highest BCUT2D eigenvalue weighted by molar-refractivity contribution is 9.10. The summed E-state index contributed by atoms with van der Waals surface area (Å²) in [5.74, 6) is -3.08. The summed E-state index contributed by atoms with van der Waals surface area (Å²) in [6, 6.07) is 17.7. The van der Waals surface area contributed by atoms with Crippen LogP contribution in [0.15, 0.2) is 46.9 Å². The average Bonchev–Trinajstić information content (AvgIpc) is 2.90. The molecule has 2 aromatic carbocycles. The van der Waals surface area contributed by atoms with Crippen LogP contribution in [-0.2, 0) is 15.3 Å². The van der Waals surface area contributed by atoms with Crippen molar-refractivity contribution in [2.75, 3.05) is 0 Å². The molecular weight excluding hydrogens is 503 g/mol. The van der Waals surface area contributed by atoms with Crippen LogP contribution in [0, 0.1) is 56.2 Å². The first-order chi connectivity index (χ1) is 14.7. The molecule has 4 rings (SSSR count). The molecule has 9 heteroatoms. The van der Waals surface area contributed by atoms with E-state index in [4.69, 9.17) is 38.1 Å². The maximum absolute atomic E-state index is 10.3. The van der Waals surface area contributed by atoms with E-state index in [1.807, 2.05) is 12.1 Å². The second kappa shape index (κ2) is 7.23. The van der Waals surface area contributed by atoms with Crippen LogP contribution in [0.3, 0.4) is 0 Å². The minimum absolute atomic E-state index is 0.218. The third-order valence-corrected chi connectivity index (χ3v) is 7.17. The van der Waals surface area contributed by atoms with Gasteiger partial charge in [0.15, 0.2) is 5.41 Å². The van der Waals surface area contributed by atoms with E-state index in [1.165, 1.54) is 6.07 Å². The van der Waals surface area contributed by atoms with Gasteiger partial charge in [0.2, 0.25) is 17.1 Å². The first kappa shape index (κ1) is 21.6. The molecule has 4 unspecified atom stereocenters. The summed E-state index contributed by atoms with van der Waals surface area (Å²) in [4.78, 5) is 0. The van der Waals surface area contributed by atoms with Gasteiger partial charge in [-0.05, 0) is 35.9 Å². The van der Waals surface area contributed by atoms with Crippen LogP contribution in [0.5, 0.6) is 0 Å². The molecule has 154 valence electrons. The van der Waals surface area contributed by atoms with Crippen LogP contribution in [0.25, 0.3) is 0 Å². The van der Waals surface area contributed by atoms with E-state index in [1.54, 1.807) is 43.3 Å². The monoisotopic (exact) mass is 514 g/mol. The number of hydrogen-bond acceptors (Lipinski definition) is 6. The summed E-state index contributed by atoms with van der Waals surface area (Å²) in [5, 5.41) is 40.0. The van der Waals surface area contributed by atoms with Crippen molar-refractivity contribution in [1.82, 2.24) is 0 Å². The molecule has 2 bridgehead atoms. The highest BCUT2D eigenvalue weighted by Crippen LogP contribution is 2.69. The number of benzene rings is 2. The summed E-state index contributed by atoms with van der Waals surface area (Å²) in [5.41, 5.74) is -3.10. The van der Waals surface area contributed by atoms with Gasteiger partial charge in [0.05, 0.1) is 29.1 Å². The molecule has 4 atom stereocenters. The number of halogens is 3. The summed E-state index contributed by atoms with van der Waals surface area (Å²) >= 11 is 15.9.